The van der Waals surface area contributed by atoms with Crippen LogP contribution in [0.4, 0.5) is 0 Å². The van der Waals surface area contributed by atoms with Gasteiger partial charge in [0.25, 0.3) is 0 Å². The van der Waals surface area contributed by atoms with Crippen LogP contribution in [0.15, 0.2) is 36.5 Å². The van der Waals surface area contributed by atoms with E-state index in [1.807, 2.05) is 18.3 Å². The van der Waals surface area contributed by atoms with E-state index in [1.165, 1.54) is 17.6 Å². The summed E-state index contributed by atoms with van der Waals surface area (Å²) >= 11 is 1.46. The molecule has 1 aliphatic heterocycles. The lowest BCUT2D eigenvalue weighted by Crippen LogP contribution is -2.27. The van der Waals surface area contributed by atoms with Crippen LogP contribution in [0.2, 0.25) is 0 Å². The van der Waals surface area contributed by atoms with Crippen molar-refractivity contribution in [2.24, 2.45) is 0 Å². The molecule has 0 bridgehead atoms. The quantitative estimate of drug-likeness (QED) is 0.215. The molecule has 0 saturated carbocycles. The highest BCUT2D eigenvalue weighted by atomic mass is 32.1. The minimum Gasteiger partial charge on any atom is -0.357 e. The number of fused-ring (bicyclic) bond motifs is 1. The Morgan fingerprint density at radius 2 is 2.03 bits per heavy atom. The number of allylic oxidation sites excluding steroid dienone is 1. The number of nitrogens with zero attached hydrogens (tertiary/aromatic N) is 2. The average Bonchev–Trinajstić information content (AvgIpc) is 3.60. The molecule has 7 nitrogen and oxygen atoms in total. The van der Waals surface area contributed by atoms with E-state index in [4.69, 9.17) is 10.4 Å². The molecule has 1 fully saturated rings. The average molecular weight is 473 g/mol. The summed E-state index contributed by atoms with van der Waals surface area (Å²) < 4.78 is 0. The number of pyridine rings is 1. The summed E-state index contributed by atoms with van der Waals surface area (Å²) in [5, 5.41) is 20.0. The zero-order valence-corrected chi connectivity index (χ0v) is 20.2. The highest BCUT2D eigenvalue weighted by Gasteiger charge is 2.21. The summed E-state index contributed by atoms with van der Waals surface area (Å²) in [7, 11) is 0. The van der Waals surface area contributed by atoms with Gasteiger partial charge in [-0.05, 0) is 69.6 Å². The fourth-order valence-electron chi connectivity index (χ4n) is 4.68. The molecular formula is C26H28N6OS. The lowest BCUT2D eigenvalue weighted by molar-refractivity contribution is 0.102. The summed E-state index contributed by atoms with van der Waals surface area (Å²) in [6.45, 7) is 5.74. The molecule has 34 heavy (non-hydrogen) atoms. The summed E-state index contributed by atoms with van der Waals surface area (Å²) in [4.78, 5) is 21.8. The van der Waals surface area contributed by atoms with Crippen LogP contribution >= 0.6 is 11.3 Å². The highest BCUT2D eigenvalue weighted by Crippen LogP contribution is 2.36. The maximum atomic E-state index is 11.8. The molecule has 0 aliphatic carbocycles. The number of thiophene rings is 1. The first-order valence-corrected chi connectivity index (χ1v) is 12.5. The number of piperidine rings is 1. The molecule has 1 saturated heterocycles. The first-order chi connectivity index (χ1) is 16.6. The van der Waals surface area contributed by atoms with Crippen molar-refractivity contribution < 1.29 is 4.79 Å². The van der Waals surface area contributed by atoms with Crippen molar-refractivity contribution in [3.05, 3.63) is 63.2 Å². The fraction of sp³-hybridized carbons (Fsp3) is 0.308. The second kappa shape index (κ2) is 9.48. The number of carbonyl (C=O) groups is 1. The molecule has 4 N–H and O–H groups in total. The summed E-state index contributed by atoms with van der Waals surface area (Å²) in [6.07, 6.45) is 7.99. The Kier molecular flexibility index (Phi) is 6.26. The van der Waals surface area contributed by atoms with Crippen LogP contribution in [-0.2, 0) is 6.42 Å². The van der Waals surface area contributed by atoms with E-state index >= 15 is 0 Å². The Bertz CT molecular complexity index is 1390. The van der Waals surface area contributed by atoms with Crippen LogP contribution < -0.4 is 5.32 Å². The third-order valence-electron chi connectivity index (χ3n) is 6.49. The predicted molar refractivity (Wildman–Crippen MR) is 138 cm³/mol. The van der Waals surface area contributed by atoms with Crippen LogP contribution in [-0.4, -0.2) is 45.3 Å². The first kappa shape index (κ1) is 22.4. The second-order valence-electron chi connectivity index (χ2n) is 8.65. The molecule has 0 amide bonds. The monoisotopic (exact) mass is 472 g/mol. The van der Waals surface area contributed by atoms with Gasteiger partial charge in [-0.15, -0.1) is 11.3 Å². The molecule has 174 valence electrons. The van der Waals surface area contributed by atoms with E-state index in [2.05, 4.69) is 39.6 Å². The Morgan fingerprint density at radius 3 is 2.74 bits per heavy atom. The van der Waals surface area contributed by atoms with Gasteiger partial charge in [-0.25, -0.2) is 0 Å². The number of nitrogens with one attached hydrogen (secondary N) is 4. The van der Waals surface area contributed by atoms with Crippen LogP contribution in [0.3, 0.4) is 0 Å². The summed E-state index contributed by atoms with van der Waals surface area (Å²) in [5.74, 6) is 0.521. The Balaban J connectivity index is 1.57. The summed E-state index contributed by atoms with van der Waals surface area (Å²) in [6, 6.07) is 8.12. The molecule has 4 aromatic heterocycles. The number of hydrogen-bond donors (Lipinski definition) is 4. The minimum absolute atomic E-state index is 0.0529. The van der Waals surface area contributed by atoms with Crippen LogP contribution in [0.25, 0.3) is 27.9 Å². The van der Waals surface area contributed by atoms with Crippen molar-refractivity contribution in [2.45, 2.75) is 39.0 Å². The van der Waals surface area contributed by atoms with Gasteiger partial charge in [0.05, 0.1) is 22.3 Å². The van der Waals surface area contributed by atoms with E-state index in [-0.39, 0.29) is 5.78 Å². The maximum Gasteiger partial charge on any atom is 0.169 e. The third-order valence-corrected chi connectivity index (χ3v) is 7.71. The second-order valence-corrected chi connectivity index (χ2v) is 9.73. The topological polar surface area (TPSA) is 110 Å². The molecule has 4 aromatic rings. The number of ketones is 1. The minimum atomic E-state index is 0.0529. The number of aromatic amines is 2. The Morgan fingerprint density at radius 1 is 1.24 bits per heavy atom. The van der Waals surface area contributed by atoms with Gasteiger partial charge >= 0.3 is 0 Å². The van der Waals surface area contributed by atoms with E-state index in [1.54, 1.807) is 13.0 Å². The predicted octanol–water partition coefficient (Wildman–Crippen LogP) is 5.33. The lowest BCUT2D eigenvalue weighted by Gasteiger charge is -2.22. The third kappa shape index (κ3) is 4.15. The van der Waals surface area contributed by atoms with E-state index in [0.29, 0.717) is 5.92 Å². The van der Waals surface area contributed by atoms with Gasteiger partial charge in [-0.1, -0.05) is 6.92 Å². The van der Waals surface area contributed by atoms with Crippen molar-refractivity contribution in [1.29, 1.82) is 5.41 Å². The van der Waals surface area contributed by atoms with Crippen LogP contribution in [0.5, 0.6) is 0 Å². The Labute approximate surface area is 202 Å². The number of aromatic nitrogens is 4. The smallest absolute Gasteiger partial charge is 0.169 e. The van der Waals surface area contributed by atoms with Gasteiger partial charge in [-0.3, -0.25) is 14.9 Å². The molecule has 0 spiro atoms. The van der Waals surface area contributed by atoms with Crippen molar-refractivity contribution >= 4 is 39.8 Å². The number of Topliss-reactive ketones (excluding diaryl/α,β-unsaturated/α-hetero) is 1. The Hall–Kier alpha value is -3.36. The molecule has 8 heteroatoms. The normalized spacial score (nSPS) is 15.2. The lowest BCUT2D eigenvalue weighted by atomic mass is 9.93. The van der Waals surface area contributed by atoms with Crippen LogP contribution in [0, 0.1) is 5.41 Å². The zero-order chi connectivity index (χ0) is 23.7. The van der Waals surface area contributed by atoms with Crippen molar-refractivity contribution in [2.75, 3.05) is 13.1 Å². The van der Waals surface area contributed by atoms with Gasteiger partial charge in [0, 0.05) is 44.9 Å². The first-order valence-electron chi connectivity index (χ1n) is 11.7. The highest BCUT2D eigenvalue weighted by molar-refractivity contribution is 7.15. The van der Waals surface area contributed by atoms with E-state index in [9.17, 15) is 4.79 Å². The number of aryl methyl sites for hydroxylation is 1. The van der Waals surface area contributed by atoms with Gasteiger partial charge in [-0.2, -0.15) is 5.10 Å². The van der Waals surface area contributed by atoms with Crippen molar-refractivity contribution in [1.82, 2.24) is 25.5 Å². The number of carbonyl (C=O) groups excluding carboxylic acids is 1. The van der Waals surface area contributed by atoms with E-state index in [0.717, 1.165) is 86.9 Å². The van der Waals surface area contributed by atoms with Crippen molar-refractivity contribution in [3.63, 3.8) is 0 Å². The molecule has 0 atom stereocenters. The molecular weight excluding hydrogens is 444 g/mol. The largest absolute Gasteiger partial charge is 0.357 e. The van der Waals surface area contributed by atoms with Gasteiger partial charge in [0.15, 0.2) is 5.78 Å². The SMILES string of the molecule is CCc1[nH]c(-c2n[nH]c3cnc(C4CCNCC4)cc23)cc1/C(=C\C=N)c1ccc(C(C)=O)s1. The fourth-order valence-corrected chi connectivity index (χ4v) is 5.62. The van der Waals surface area contributed by atoms with E-state index < -0.39 is 0 Å². The molecule has 5 heterocycles. The number of hydrogen-bond acceptors (Lipinski definition) is 6. The molecule has 5 rings (SSSR count). The van der Waals surface area contributed by atoms with Gasteiger partial charge in [0.2, 0.25) is 0 Å². The van der Waals surface area contributed by atoms with Crippen LogP contribution in [0.1, 0.15) is 64.1 Å². The zero-order valence-electron chi connectivity index (χ0n) is 19.4. The standard InChI is InChI=1S/C26H28N6OS/c1-3-20-18(17(6-9-27)25-5-4-24(34-25)15(2)33)12-22(30-20)26-19-13-21(16-7-10-28-11-8-16)29-14-23(19)31-32-26/h4-6,9,12-14,16,27-28,30H,3,7-8,10-11H2,1-2H3,(H,31,32)/b17-6+,27-9?. The molecule has 1 aliphatic rings. The molecule has 0 unspecified atom stereocenters. The molecule has 0 radical (unpaired) electrons. The maximum absolute atomic E-state index is 11.8. The summed E-state index contributed by atoms with van der Waals surface area (Å²) in [5.41, 5.74) is 6.88. The van der Waals surface area contributed by atoms with Crippen molar-refractivity contribution in [3.8, 4) is 11.4 Å². The van der Waals surface area contributed by atoms with Gasteiger partial charge < -0.3 is 15.7 Å². The number of rotatable bonds is 7. The van der Waals surface area contributed by atoms with Gasteiger partial charge in [0.1, 0.15) is 5.69 Å². The number of H-pyrrole nitrogens is 2. The molecule has 0 aromatic carbocycles.